The van der Waals surface area contributed by atoms with Crippen LogP contribution in [0.3, 0.4) is 0 Å². The van der Waals surface area contributed by atoms with Crippen molar-refractivity contribution in [1.82, 2.24) is 0 Å². The molecule has 1 unspecified atom stereocenters. The van der Waals surface area contributed by atoms with Gasteiger partial charge < -0.3 is 5.32 Å². The molecule has 1 atom stereocenters. The number of nitrogens with zero attached hydrogens (tertiary/aromatic N) is 1. The lowest BCUT2D eigenvalue weighted by Gasteiger charge is -2.30. The normalized spacial score (nSPS) is 17.3. The van der Waals surface area contributed by atoms with Crippen molar-refractivity contribution in [3.63, 3.8) is 0 Å². The molecule has 1 heterocycles. The smallest absolute Gasteiger partial charge is 0.265 e. The highest BCUT2D eigenvalue weighted by atomic mass is 31.2. The average Bonchev–Trinajstić information content (AvgIpc) is 3.05. The highest BCUT2D eigenvalue weighted by Crippen LogP contribution is 2.68. The van der Waals surface area contributed by atoms with Crippen LogP contribution in [0, 0.1) is 20.4 Å². The first-order valence-corrected chi connectivity index (χ1v) is 11.5. The van der Waals surface area contributed by atoms with E-state index in [9.17, 15) is 4.79 Å². The number of aryl methyl sites for hydroxylation is 2. The lowest BCUT2D eigenvalue weighted by atomic mass is 10.1. The van der Waals surface area contributed by atoms with Gasteiger partial charge in [-0.05, 0) is 51.2 Å². The van der Waals surface area contributed by atoms with E-state index in [1.54, 1.807) is 0 Å². The van der Waals surface area contributed by atoms with Crippen molar-refractivity contribution in [2.45, 2.75) is 59.0 Å². The Hall–Kier alpha value is -1.39. The summed E-state index contributed by atoms with van der Waals surface area (Å²) in [7, 11) is -1.15. The Morgan fingerprint density at radius 1 is 1.25 bits per heavy atom. The molecule has 3 nitrogen and oxygen atoms in total. The van der Waals surface area contributed by atoms with Crippen LogP contribution < -0.4 is 5.32 Å². The highest BCUT2D eigenvalue weighted by Gasteiger charge is 2.49. The number of rotatable bonds is 6. The van der Waals surface area contributed by atoms with Gasteiger partial charge in [-0.25, -0.2) is 4.85 Å². The fourth-order valence-electron chi connectivity index (χ4n) is 4.15. The summed E-state index contributed by atoms with van der Waals surface area (Å²) in [6.07, 6.45) is 8.44. The molecule has 0 aromatic heterocycles. The first kappa shape index (κ1) is 18.9. The molecule has 0 bridgehead atoms. The molecule has 1 fully saturated rings. The molecule has 24 heavy (non-hydrogen) atoms. The van der Waals surface area contributed by atoms with Gasteiger partial charge in [-0.2, -0.15) is 0 Å². The van der Waals surface area contributed by atoms with Crippen molar-refractivity contribution < 1.29 is 4.79 Å². The average molecular weight is 345 g/mol. The molecule has 1 N–H and O–H groups in total. The Bertz CT molecular complexity index is 619. The number of benzene rings is 1. The second-order valence-corrected chi connectivity index (χ2v) is 11.6. The molecule has 1 amide bonds. The predicted octanol–water partition coefficient (Wildman–Crippen LogP) is 5.79. The van der Waals surface area contributed by atoms with Gasteiger partial charge in [0.1, 0.15) is 5.66 Å². The first-order valence-electron chi connectivity index (χ1n) is 9.12. The van der Waals surface area contributed by atoms with E-state index < -0.39 is 7.26 Å². The Labute approximate surface area is 147 Å². The molecule has 1 aliphatic rings. The van der Waals surface area contributed by atoms with Crippen LogP contribution in [0.25, 0.3) is 4.85 Å². The number of hydrogen-bond acceptors (Lipinski definition) is 1. The summed E-state index contributed by atoms with van der Waals surface area (Å²) in [5, 5.41) is 3.24. The molecule has 4 heteroatoms. The number of anilines is 1. The summed E-state index contributed by atoms with van der Waals surface area (Å²) in [6, 6.07) is 3.73. The molecule has 0 aliphatic carbocycles. The number of carbonyl (C=O) groups excluding carboxylic acids is 1. The van der Waals surface area contributed by atoms with E-state index in [1.807, 2.05) is 26.0 Å². The second kappa shape index (κ2) is 8.13. The maximum atomic E-state index is 13.2. The fourth-order valence-corrected chi connectivity index (χ4v) is 9.14. The zero-order valence-corrected chi connectivity index (χ0v) is 16.4. The van der Waals surface area contributed by atoms with Gasteiger partial charge in [0, 0.05) is 12.9 Å². The molecule has 1 aromatic rings. The van der Waals surface area contributed by atoms with Crippen LogP contribution in [-0.2, 0) is 4.79 Å². The van der Waals surface area contributed by atoms with Crippen LogP contribution in [0.15, 0.2) is 12.1 Å². The number of nitrogens with one attached hydrogen (secondary N) is 1. The minimum Gasteiger partial charge on any atom is -0.322 e. The Kier molecular flexibility index (Phi) is 6.41. The van der Waals surface area contributed by atoms with E-state index >= 15 is 0 Å². The zero-order chi connectivity index (χ0) is 17.7. The van der Waals surface area contributed by atoms with E-state index in [2.05, 4.69) is 24.0 Å². The third-order valence-electron chi connectivity index (χ3n) is 5.51. The molecule has 1 aromatic carbocycles. The van der Waals surface area contributed by atoms with Gasteiger partial charge in [-0.15, -0.1) is 0 Å². The molecule has 0 radical (unpaired) electrons. The van der Waals surface area contributed by atoms with E-state index in [-0.39, 0.29) is 11.6 Å². The van der Waals surface area contributed by atoms with Crippen molar-refractivity contribution in [2.24, 2.45) is 0 Å². The lowest BCUT2D eigenvalue weighted by Crippen LogP contribution is -2.32. The van der Waals surface area contributed by atoms with Crippen LogP contribution in [0.2, 0.25) is 0 Å². The van der Waals surface area contributed by atoms with Gasteiger partial charge in [0.15, 0.2) is 5.69 Å². The Morgan fingerprint density at radius 3 is 2.29 bits per heavy atom. The standard InChI is InChI=1S/C20H29N2OP/c1-6-10-18(24(7-2)11-8-9-12-24)20(23)22-19-15(3)13-17(21-5)14-16(19)4/h13-14,18H,6-12H2,1-4H3/p+1. The Morgan fingerprint density at radius 2 is 1.83 bits per heavy atom. The van der Waals surface area contributed by atoms with E-state index in [1.165, 1.54) is 31.3 Å². The van der Waals surface area contributed by atoms with Gasteiger partial charge >= 0.3 is 0 Å². The maximum absolute atomic E-state index is 13.2. The molecular weight excluding hydrogens is 315 g/mol. The third-order valence-corrected chi connectivity index (χ3v) is 11.0. The monoisotopic (exact) mass is 345 g/mol. The van der Waals surface area contributed by atoms with E-state index in [0.29, 0.717) is 5.69 Å². The van der Waals surface area contributed by atoms with Crippen LogP contribution in [0.5, 0.6) is 0 Å². The second-order valence-electron chi connectivity index (χ2n) is 7.05. The molecule has 0 saturated carbocycles. The van der Waals surface area contributed by atoms with Gasteiger partial charge in [-0.3, -0.25) is 4.79 Å². The Balaban J connectivity index is 2.27. The largest absolute Gasteiger partial charge is 0.322 e. The summed E-state index contributed by atoms with van der Waals surface area (Å²) in [6.45, 7) is 15.6. The van der Waals surface area contributed by atoms with Gasteiger partial charge in [0.2, 0.25) is 0 Å². The molecule has 0 spiro atoms. The molecule has 1 saturated heterocycles. The van der Waals surface area contributed by atoms with Crippen LogP contribution in [-0.4, -0.2) is 30.1 Å². The predicted molar refractivity (Wildman–Crippen MR) is 106 cm³/mol. The molecule has 130 valence electrons. The quantitative estimate of drug-likeness (QED) is 0.513. The topological polar surface area (TPSA) is 33.5 Å². The van der Waals surface area contributed by atoms with Crippen molar-refractivity contribution in [3.8, 4) is 0 Å². The summed E-state index contributed by atoms with van der Waals surface area (Å²) in [4.78, 5) is 16.7. The first-order chi connectivity index (χ1) is 11.5. The molecular formula is C20H30N2OP+. The number of hydrogen-bond donors (Lipinski definition) is 1. The van der Waals surface area contributed by atoms with Crippen LogP contribution in [0.1, 0.15) is 50.7 Å². The van der Waals surface area contributed by atoms with Gasteiger partial charge in [0.05, 0.1) is 25.1 Å². The zero-order valence-electron chi connectivity index (χ0n) is 15.5. The van der Waals surface area contributed by atoms with Crippen molar-refractivity contribution >= 4 is 24.5 Å². The summed E-state index contributed by atoms with van der Waals surface area (Å²) in [5.41, 5.74) is 3.72. The van der Waals surface area contributed by atoms with E-state index in [4.69, 9.17) is 6.57 Å². The van der Waals surface area contributed by atoms with Crippen molar-refractivity contribution in [1.29, 1.82) is 0 Å². The number of amides is 1. The molecule has 1 aliphatic heterocycles. The van der Waals surface area contributed by atoms with Crippen LogP contribution >= 0.6 is 7.26 Å². The lowest BCUT2D eigenvalue weighted by molar-refractivity contribution is -0.116. The van der Waals surface area contributed by atoms with Gasteiger partial charge in [0.25, 0.3) is 5.91 Å². The van der Waals surface area contributed by atoms with Crippen molar-refractivity contribution in [3.05, 3.63) is 34.7 Å². The minimum absolute atomic E-state index is 0.203. The minimum atomic E-state index is -1.15. The fraction of sp³-hybridized carbons (Fsp3) is 0.600. The SMILES string of the molecule is [C-]#[N+]c1cc(C)c(NC(=O)C(CCC)[P+]2(CC)CCCC2)c(C)c1. The summed E-state index contributed by atoms with van der Waals surface area (Å²) >= 11 is 0. The maximum Gasteiger partial charge on any atom is 0.265 e. The number of carbonyl (C=O) groups is 1. The third kappa shape index (κ3) is 3.81. The van der Waals surface area contributed by atoms with Crippen LogP contribution in [0.4, 0.5) is 11.4 Å². The van der Waals surface area contributed by atoms with E-state index in [0.717, 1.165) is 29.7 Å². The summed E-state index contributed by atoms with van der Waals surface area (Å²) < 4.78 is 0. The van der Waals surface area contributed by atoms with Crippen molar-refractivity contribution in [2.75, 3.05) is 23.8 Å². The highest BCUT2D eigenvalue weighted by molar-refractivity contribution is 7.77. The molecule has 2 rings (SSSR count). The van der Waals surface area contributed by atoms with Gasteiger partial charge in [-0.1, -0.05) is 25.5 Å². The summed E-state index contributed by atoms with van der Waals surface area (Å²) in [5.74, 6) is 0.218.